The summed E-state index contributed by atoms with van der Waals surface area (Å²) in [4.78, 5) is 10.7. The summed E-state index contributed by atoms with van der Waals surface area (Å²) >= 11 is 1.53. The summed E-state index contributed by atoms with van der Waals surface area (Å²) < 4.78 is 0. The van der Waals surface area contributed by atoms with E-state index in [-0.39, 0.29) is 0 Å². The minimum Gasteiger partial charge on any atom is -0.233 e. The maximum Gasteiger partial charge on any atom is 0.125 e. The van der Waals surface area contributed by atoms with Crippen LogP contribution in [-0.2, 0) is 4.79 Å². The molecule has 0 amide bonds. The Kier molecular flexibility index (Phi) is 1.62. The van der Waals surface area contributed by atoms with Gasteiger partial charge in [0.05, 0.1) is 0 Å². The molecular weight excluding hydrogens is 120 g/mol. The molecule has 1 nitrogen and oxygen atoms in total. The Morgan fingerprint density at radius 3 is 3.12 bits per heavy atom. The minimum absolute atomic E-state index is 0.958. The highest BCUT2D eigenvalue weighted by Gasteiger charge is 1.81. The van der Waals surface area contributed by atoms with Gasteiger partial charge in [0.25, 0.3) is 0 Å². The average Bonchev–Trinajstić information content (AvgIpc) is 2.19. The lowest BCUT2D eigenvalue weighted by Crippen LogP contribution is -1.52. The van der Waals surface area contributed by atoms with Crippen molar-refractivity contribution in [3.8, 4) is 0 Å². The Bertz CT molecular complexity index is 194. The first kappa shape index (κ1) is 5.29. The Morgan fingerprint density at radius 1 is 1.75 bits per heavy atom. The molecule has 0 unspecified atom stereocenters. The summed E-state index contributed by atoms with van der Waals surface area (Å²) in [5.41, 5.74) is 0. The number of rotatable bonds is 1. The second kappa shape index (κ2) is 2.46. The van der Waals surface area contributed by atoms with E-state index in [2.05, 4.69) is 0 Å². The number of hydrogen-bond acceptors (Lipinski definition) is 2. The van der Waals surface area contributed by atoms with Gasteiger partial charge in [-0.15, -0.1) is 11.3 Å². The van der Waals surface area contributed by atoms with Gasteiger partial charge >= 0.3 is 0 Å². The Morgan fingerprint density at radius 2 is 2.62 bits per heavy atom. The molecular formula is C6H4OS. The summed E-state index contributed by atoms with van der Waals surface area (Å²) in [5.74, 6) is 1.71. The van der Waals surface area contributed by atoms with Crippen molar-refractivity contribution in [2.45, 2.75) is 0 Å². The molecule has 0 fully saturated rings. The Hall–Kier alpha value is -0.850. The first-order chi connectivity index (χ1) is 3.93. The van der Waals surface area contributed by atoms with E-state index < -0.39 is 0 Å². The van der Waals surface area contributed by atoms with Crippen LogP contribution < -0.4 is 0 Å². The molecule has 0 bridgehead atoms. The molecule has 0 aliphatic carbocycles. The average molecular weight is 124 g/mol. The van der Waals surface area contributed by atoms with Crippen molar-refractivity contribution in [2.75, 3.05) is 0 Å². The highest BCUT2D eigenvalue weighted by atomic mass is 32.1. The van der Waals surface area contributed by atoms with Gasteiger partial charge in [0.2, 0.25) is 0 Å². The number of carbonyl (C=O) groups excluding carboxylic acids is 1. The largest absolute Gasteiger partial charge is 0.233 e. The predicted molar refractivity (Wildman–Crippen MR) is 34.5 cm³/mol. The quantitative estimate of drug-likeness (QED) is 0.519. The third-order valence-electron chi connectivity index (χ3n) is 0.744. The van der Waals surface area contributed by atoms with Crippen LogP contribution >= 0.6 is 11.3 Å². The van der Waals surface area contributed by atoms with Crippen molar-refractivity contribution in [1.82, 2.24) is 0 Å². The van der Waals surface area contributed by atoms with E-state index in [1.165, 1.54) is 17.4 Å². The SMILES string of the molecule is O=C=Cc1cccs1. The van der Waals surface area contributed by atoms with Crippen molar-refractivity contribution in [1.29, 1.82) is 0 Å². The van der Waals surface area contributed by atoms with Crippen LogP contribution in [0.3, 0.4) is 0 Å². The summed E-state index contributed by atoms with van der Waals surface area (Å²) in [6.45, 7) is 0. The van der Waals surface area contributed by atoms with Crippen LogP contribution in [0, 0.1) is 0 Å². The van der Waals surface area contributed by atoms with E-state index in [0.29, 0.717) is 0 Å². The lowest BCUT2D eigenvalue weighted by molar-refractivity contribution is 0.570. The smallest absolute Gasteiger partial charge is 0.125 e. The molecule has 1 rings (SSSR count). The molecule has 0 spiro atoms. The molecule has 8 heavy (non-hydrogen) atoms. The van der Waals surface area contributed by atoms with Gasteiger partial charge in [0.15, 0.2) is 0 Å². The molecule has 0 aromatic carbocycles. The fraction of sp³-hybridized carbons (Fsp3) is 0. The molecule has 1 heterocycles. The van der Waals surface area contributed by atoms with E-state index in [1.807, 2.05) is 17.5 Å². The molecule has 0 N–H and O–H groups in total. The summed E-state index contributed by atoms with van der Waals surface area (Å²) in [5, 5.41) is 1.92. The monoisotopic (exact) mass is 124 g/mol. The second-order valence-corrected chi connectivity index (χ2v) is 2.26. The van der Waals surface area contributed by atoms with Gasteiger partial charge in [-0.25, -0.2) is 4.79 Å². The zero-order valence-electron chi connectivity index (χ0n) is 4.13. The zero-order valence-corrected chi connectivity index (χ0v) is 4.94. The lowest BCUT2D eigenvalue weighted by atomic mass is 10.5. The van der Waals surface area contributed by atoms with Gasteiger partial charge in [-0.1, -0.05) is 6.07 Å². The molecule has 0 radical (unpaired) electrons. The van der Waals surface area contributed by atoms with Gasteiger partial charge in [0, 0.05) is 11.0 Å². The summed E-state index contributed by atoms with van der Waals surface area (Å²) in [7, 11) is 0. The van der Waals surface area contributed by atoms with Gasteiger partial charge in [-0.2, -0.15) is 0 Å². The maximum atomic E-state index is 9.70. The van der Waals surface area contributed by atoms with E-state index in [4.69, 9.17) is 0 Å². The van der Waals surface area contributed by atoms with Crippen LogP contribution in [0.25, 0.3) is 6.08 Å². The molecule has 0 aliphatic heterocycles. The second-order valence-electron chi connectivity index (χ2n) is 1.28. The number of hydrogen-bond donors (Lipinski definition) is 0. The summed E-state index contributed by atoms with van der Waals surface area (Å²) in [6, 6.07) is 3.77. The van der Waals surface area contributed by atoms with Gasteiger partial charge < -0.3 is 0 Å². The van der Waals surface area contributed by atoms with Crippen molar-refractivity contribution in [2.24, 2.45) is 0 Å². The highest BCUT2D eigenvalue weighted by molar-refractivity contribution is 7.10. The third kappa shape index (κ3) is 1.06. The van der Waals surface area contributed by atoms with Crippen LogP contribution in [0.1, 0.15) is 4.88 Å². The summed E-state index contributed by atoms with van der Waals surface area (Å²) in [6.07, 6.45) is 1.42. The van der Waals surface area contributed by atoms with Crippen LogP contribution in [0.2, 0.25) is 0 Å². The molecule has 2 heteroatoms. The van der Waals surface area contributed by atoms with Crippen molar-refractivity contribution >= 4 is 23.4 Å². The molecule has 1 aromatic rings. The van der Waals surface area contributed by atoms with E-state index in [0.717, 1.165) is 4.88 Å². The van der Waals surface area contributed by atoms with Gasteiger partial charge in [0.1, 0.15) is 5.94 Å². The minimum atomic E-state index is 0.958. The maximum absolute atomic E-state index is 9.70. The van der Waals surface area contributed by atoms with E-state index in [9.17, 15) is 4.79 Å². The van der Waals surface area contributed by atoms with Crippen molar-refractivity contribution < 1.29 is 4.79 Å². The standard InChI is InChI=1S/C6H4OS/c7-4-3-6-2-1-5-8-6/h1-3,5H. The molecule has 40 valence electrons. The zero-order chi connectivity index (χ0) is 5.82. The molecule has 0 saturated heterocycles. The first-order valence-corrected chi connectivity index (χ1v) is 3.06. The normalized spacial score (nSPS) is 8.00. The number of thiophene rings is 1. The molecule has 0 aliphatic rings. The van der Waals surface area contributed by atoms with E-state index in [1.54, 1.807) is 5.94 Å². The molecule has 0 atom stereocenters. The predicted octanol–water partition coefficient (Wildman–Crippen LogP) is 1.59. The Balaban J connectivity index is 2.93. The topological polar surface area (TPSA) is 17.1 Å². The molecule has 0 saturated carbocycles. The van der Waals surface area contributed by atoms with Crippen LogP contribution in [0.15, 0.2) is 17.5 Å². The fourth-order valence-corrected chi connectivity index (χ4v) is 1.02. The fourth-order valence-electron chi connectivity index (χ4n) is 0.431. The van der Waals surface area contributed by atoms with E-state index >= 15 is 0 Å². The highest BCUT2D eigenvalue weighted by Crippen LogP contribution is 2.07. The lowest BCUT2D eigenvalue weighted by Gasteiger charge is -1.69. The van der Waals surface area contributed by atoms with Crippen molar-refractivity contribution in [3.05, 3.63) is 22.4 Å². The van der Waals surface area contributed by atoms with Crippen LogP contribution in [-0.4, -0.2) is 5.94 Å². The molecule has 1 aromatic heterocycles. The third-order valence-corrected chi connectivity index (χ3v) is 1.56. The van der Waals surface area contributed by atoms with Crippen LogP contribution in [0.5, 0.6) is 0 Å². The van der Waals surface area contributed by atoms with Gasteiger partial charge in [-0.3, -0.25) is 0 Å². The van der Waals surface area contributed by atoms with Gasteiger partial charge in [-0.05, 0) is 11.4 Å². The van der Waals surface area contributed by atoms with Crippen molar-refractivity contribution in [3.63, 3.8) is 0 Å². The first-order valence-electron chi connectivity index (χ1n) is 2.18. The van der Waals surface area contributed by atoms with Crippen LogP contribution in [0.4, 0.5) is 0 Å². The Labute approximate surface area is 51.3 Å².